The Morgan fingerprint density at radius 3 is 2.08 bits per heavy atom. The van der Waals surface area contributed by atoms with Crippen molar-refractivity contribution >= 4 is 27.5 Å². The Bertz CT molecular complexity index is 1390. The molecule has 0 saturated heterocycles. The SMILES string of the molecule is Cc1ccc(CN(C(=O)CN(c2ccc(C)c(C)c2)S(=O)(=O)c2ccccc2)[C@@H](C)C(=O)NCC(C)C)cc1. The second-order valence-corrected chi connectivity index (χ2v) is 12.3. The smallest absolute Gasteiger partial charge is 0.264 e. The summed E-state index contributed by atoms with van der Waals surface area (Å²) in [6, 6.07) is 20.3. The molecule has 2 amide bonds. The van der Waals surface area contributed by atoms with Gasteiger partial charge in [0, 0.05) is 13.1 Å². The number of hydrogen-bond acceptors (Lipinski definition) is 4. The maximum absolute atomic E-state index is 14.0. The van der Waals surface area contributed by atoms with Crippen LogP contribution in [-0.4, -0.2) is 44.3 Å². The average molecular weight is 550 g/mol. The molecule has 0 fully saturated rings. The molecule has 1 N–H and O–H groups in total. The van der Waals surface area contributed by atoms with E-state index in [1.54, 1.807) is 37.3 Å². The van der Waals surface area contributed by atoms with Gasteiger partial charge >= 0.3 is 0 Å². The number of anilines is 1. The minimum absolute atomic E-state index is 0.0869. The van der Waals surface area contributed by atoms with E-state index < -0.39 is 28.5 Å². The van der Waals surface area contributed by atoms with E-state index in [4.69, 9.17) is 0 Å². The van der Waals surface area contributed by atoms with Gasteiger partial charge in [-0.25, -0.2) is 8.42 Å². The number of sulfonamides is 1. The molecule has 0 aliphatic carbocycles. The summed E-state index contributed by atoms with van der Waals surface area (Å²) in [5.41, 5.74) is 4.24. The molecule has 3 aromatic carbocycles. The standard InChI is InChI=1S/C31H39N3O4S/c1-22(2)19-32-31(36)26(6)33(20-27-15-12-23(3)13-16-27)30(35)21-34(28-17-14-24(4)25(5)18-28)39(37,38)29-10-8-7-9-11-29/h7-18,22,26H,19-21H2,1-6H3,(H,32,36)/t26-/m0/s1. The highest BCUT2D eigenvalue weighted by atomic mass is 32.2. The number of nitrogens with one attached hydrogen (secondary N) is 1. The van der Waals surface area contributed by atoms with Crippen molar-refractivity contribution in [3.05, 3.63) is 95.1 Å². The molecule has 39 heavy (non-hydrogen) atoms. The van der Waals surface area contributed by atoms with Gasteiger partial charge in [0.2, 0.25) is 11.8 Å². The zero-order valence-corrected chi connectivity index (χ0v) is 24.5. The van der Waals surface area contributed by atoms with Gasteiger partial charge in [-0.1, -0.05) is 67.9 Å². The van der Waals surface area contributed by atoms with Gasteiger partial charge in [-0.2, -0.15) is 0 Å². The third-order valence-corrected chi connectivity index (χ3v) is 8.50. The summed E-state index contributed by atoms with van der Waals surface area (Å²) in [4.78, 5) is 28.5. The van der Waals surface area contributed by atoms with Gasteiger partial charge in [-0.3, -0.25) is 13.9 Å². The normalized spacial score (nSPS) is 12.2. The van der Waals surface area contributed by atoms with Crippen molar-refractivity contribution in [2.75, 3.05) is 17.4 Å². The van der Waals surface area contributed by atoms with Crippen molar-refractivity contribution in [1.82, 2.24) is 10.2 Å². The predicted molar refractivity (Wildman–Crippen MR) is 156 cm³/mol. The first-order chi connectivity index (χ1) is 18.4. The number of hydrogen-bond donors (Lipinski definition) is 1. The molecule has 0 unspecified atom stereocenters. The topological polar surface area (TPSA) is 86.8 Å². The lowest BCUT2D eigenvalue weighted by atomic mass is 10.1. The Morgan fingerprint density at radius 2 is 1.49 bits per heavy atom. The fraction of sp³-hybridized carbons (Fsp3) is 0.355. The third-order valence-electron chi connectivity index (χ3n) is 6.71. The molecule has 0 aromatic heterocycles. The largest absolute Gasteiger partial charge is 0.354 e. The fourth-order valence-electron chi connectivity index (χ4n) is 4.05. The van der Waals surface area contributed by atoms with Crippen LogP contribution in [0.15, 0.2) is 77.7 Å². The average Bonchev–Trinajstić information content (AvgIpc) is 2.91. The molecule has 3 aromatic rings. The fourth-order valence-corrected chi connectivity index (χ4v) is 5.48. The van der Waals surface area contributed by atoms with E-state index in [0.717, 1.165) is 26.6 Å². The van der Waals surface area contributed by atoms with E-state index in [1.165, 1.54) is 17.0 Å². The van der Waals surface area contributed by atoms with Crippen LogP contribution in [0.4, 0.5) is 5.69 Å². The van der Waals surface area contributed by atoms with Crippen LogP contribution in [0.1, 0.15) is 43.0 Å². The Hall–Kier alpha value is -3.65. The molecule has 8 heteroatoms. The maximum atomic E-state index is 14.0. The van der Waals surface area contributed by atoms with Gasteiger partial charge < -0.3 is 10.2 Å². The number of benzene rings is 3. The van der Waals surface area contributed by atoms with E-state index in [9.17, 15) is 18.0 Å². The van der Waals surface area contributed by atoms with Gasteiger partial charge in [0.05, 0.1) is 10.6 Å². The zero-order chi connectivity index (χ0) is 28.7. The van der Waals surface area contributed by atoms with E-state index in [1.807, 2.05) is 65.0 Å². The number of aryl methyl sites for hydroxylation is 3. The molecule has 0 spiro atoms. The molecular weight excluding hydrogens is 510 g/mol. The summed E-state index contributed by atoms with van der Waals surface area (Å²) in [5, 5.41) is 2.90. The number of rotatable bonds is 11. The van der Waals surface area contributed by atoms with Crippen molar-refractivity contribution in [3.8, 4) is 0 Å². The lowest BCUT2D eigenvalue weighted by Gasteiger charge is -2.32. The number of carbonyl (C=O) groups is 2. The van der Waals surface area contributed by atoms with Gasteiger partial charge in [-0.05, 0) is 74.6 Å². The van der Waals surface area contributed by atoms with Crippen LogP contribution in [-0.2, 0) is 26.2 Å². The van der Waals surface area contributed by atoms with Gasteiger partial charge in [0.1, 0.15) is 12.6 Å². The van der Waals surface area contributed by atoms with Crippen molar-refractivity contribution in [2.45, 2.75) is 59.0 Å². The highest BCUT2D eigenvalue weighted by Crippen LogP contribution is 2.26. The zero-order valence-electron chi connectivity index (χ0n) is 23.6. The molecule has 1 atom stereocenters. The van der Waals surface area contributed by atoms with Crippen LogP contribution in [0.5, 0.6) is 0 Å². The van der Waals surface area contributed by atoms with Crippen molar-refractivity contribution in [1.29, 1.82) is 0 Å². The van der Waals surface area contributed by atoms with Crippen molar-refractivity contribution < 1.29 is 18.0 Å². The molecule has 3 rings (SSSR count). The van der Waals surface area contributed by atoms with Crippen LogP contribution >= 0.6 is 0 Å². The Morgan fingerprint density at radius 1 is 0.846 bits per heavy atom. The molecular formula is C31H39N3O4S. The van der Waals surface area contributed by atoms with E-state index in [2.05, 4.69) is 5.32 Å². The third kappa shape index (κ3) is 7.69. The minimum atomic E-state index is -4.07. The van der Waals surface area contributed by atoms with Crippen LogP contribution in [0.2, 0.25) is 0 Å². The van der Waals surface area contributed by atoms with Crippen molar-refractivity contribution in [3.63, 3.8) is 0 Å². The van der Waals surface area contributed by atoms with Crippen LogP contribution in [0.3, 0.4) is 0 Å². The summed E-state index contributed by atoms with van der Waals surface area (Å²) in [7, 11) is -4.07. The van der Waals surface area contributed by atoms with Crippen molar-refractivity contribution in [2.24, 2.45) is 5.92 Å². The first-order valence-electron chi connectivity index (χ1n) is 13.2. The van der Waals surface area contributed by atoms with Gasteiger partial charge in [-0.15, -0.1) is 0 Å². The number of carbonyl (C=O) groups excluding carboxylic acids is 2. The molecule has 0 bridgehead atoms. The van der Waals surface area contributed by atoms with Gasteiger partial charge in [0.15, 0.2) is 0 Å². The summed E-state index contributed by atoms with van der Waals surface area (Å²) >= 11 is 0. The highest BCUT2D eigenvalue weighted by Gasteiger charge is 2.32. The van der Waals surface area contributed by atoms with E-state index >= 15 is 0 Å². The van der Waals surface area contributed by atoms with Gasteiger partial charge in [0.25, 0.3) is 10.0 Å². The molecule has 0 heterocycles. The Kier molecular flexibility index (Phi) is 9.92. The summed E-state index contributed by atoms with van der Waals surface area (Å²) in [6.07, 6.45) is 0. The molecule has 0 aliphatic heterocycles. The van der Waals surface area contributed by atoms with Crippen LogP contribution in [0, 0.1) is 26.7 Å². The summed E-state index contributed by atoms with van der Waals surface area (Å²) in [5.74, 6) is -0.507. The molecule has 0 saturated carbocycles. The van der Waals surface area contributed by atoms with Crippen LogP contribution in [0.25, 0.3) is 0 Å². The van der Waals surface area contributed by atoms with Crippen LogP contribution < -0.4 is 9.62 Å². The molecule has 7 nitrogen and oxygen atoms in total. The van der Waals surface area contributed by atoms with E-state index in [0.29, 0.717) is 12.2 Å². The molecule has 0 radical (unpaired) electrons. The quantitative estimate of drug-likeness (QED) is 0.365. The first kappa shape index (κ1) is 29.9. The highest BCUT2D eigenvalue weighted by molar-refractivity contribution is 7.92. The van der Waals surface area contributed by atoms with E-state index in [-0.39, 0.29) is 23.3 Å². The number of amides is 2. The second kappa shape index (κ2) is 12.9. The summed E-state index contributed by atoms with van der Waals surface area (Å²) < 4.78 is 28.8. The lowest BCUT2D eigenvalue weighted by molar-refractivity contribution is -0.139. The maximum Gasteiger partial charge on any atom is 0.264 e. The second-order valence-electron chi connectivity index (χ2n) is 10.4. The Balaban J connectivity index is 2.02. The Labute approximate surface area is 232 Å². The molecule has 0 aliphatic rings. The minimum Gasteiger partial charge on any atom is -0.354 e. The first-order valence-corrected chi connectivity index (χ1v) is 14.6. The molecule has 208 valence electrons. The summed E-state index contributed by atoms with van der Waals surface area (Å²) in [6.45, 7) is 11.7. The monoisotopic (exact) mass is 549 g/mol. The predicted octanol–water partition coefficient (Wildman–Crippen LogP) is 5.00. The lowest BCUT2D eigenvalue weighted by Crippen LogP contribution is -2.51. The number of nitrogens with zero attached hydrogens (tertiary/aromatic N) is 2.